The Morgan fingerprint density at radius 2 is 1.91 bits per heavy atom. The SMILES string of the molecule is O=C1C(=O)N(c2nc3ccc([N+](=O)[O-])cc3s2)C(c2cccs2)/C1=C(\O)c1ccc(F)cc1. The maximum atomic E-state index is 13.4. The maximum absolute atomic E-state index is 13.4. The van der Waals surface area contributed by atoms with Crippen LogP contribution in [0.3, 0.4) is 0 Å². The summed E-state index contributed by atoms with van der Waals surface area (Å²) in [6.45, 7) is 0. The first-order valence-electron chi connectivity index (χ1n) is 9.50. The van der Waals surface area contributed by atoms with Gasteiger partial charge in [-0.15, -0.1) is 11.3 Å². The molecule has 5 rings (SSSR count). The van der Waals surface area contributed by atoms with Gasteiger partial charge in [0, 0.05) is 22.6 Å². The molecular formula is C22H12FN3O5S2. The number of hydrogen-bond acceptors (Lipinski definition) is 8. The Hall–Kier alpha value is -3.96. The number of nitrogens with zero attached hydrogens (tertiary/aromatic N) is 3. The minimum atomic E-state index is -0.953. The second-order valence-corrected chi connectivity index (χ2v) is 9.09. The number of benzene rings is 2. The van der Waals surface area contributed by atoms with Crippen LogP contribution in [0.15, 0.2) is 65.6 Å². The lowest BCUT2D eigenvalue weighted by Crippen LogP contribution is -2.28. The fourth-order valence-electron chi connectivity index (χ4n) is 3.63. The average molecular weight is 481 g/mol. The van der Waals surface area contributed by atoms with Gasteiger partial charge in [0.2, 0.25) is 0 Å². The molecule has 11 heteroatoms. The number of hydrogen-bond donors (Lipinski definition) is 1. The predicted octanol–water partition coefficient (Wildman–Crippen LogP) is 5.03. The quantitative estimate of drug-likeness (QED) is 0.144. The van der Waals surface area contributed by atoms with Crippen molar-refractivity contribution < 1.29 is 24.0 Å². The number of carbonyl (C=O) groups excluding carboxylic acids is 2. The van der Waals surface area contributed by atoms with Crippen molar-refractivity contribution in [3.8, 4) is 0 Å². The Kier molecular flexibility index (Phi) is 4.99. The summed E-state index contributed by atoms with van der Waals surface area (Å²) < 4.78 is 13.8. The first kappa shape index (κ1) is 20.9. The molecular weight excluding hydrogens is 469 g/mol. The van der Waals surface area contributed by atoms with Crippen LogP contribution in [-0.2, 0) is 9.59 Å². The highest BCUT2D eigenvalue weighted by Crippen LogP contribution is 2.45. The number of nitro benzene ring substituents is 1. The first-order chi connectivity index (χ1) is 15.8. The van der Waals surface area contributed by atoms with E-state index in [9.17, 15) is 29.2 Å². The molecule has 1 aliphatic heterocycles. The van der Waals surface area contributed by atoms with Crippen molar-refractivity contribution in [1.29, 1.82) is 0 Å². The number of non-ortho nitro benzene ring substituents is 1. The third-order valence-corrected chi connectivity index (χ3v) is 7.09. The lowest BCUT2D eigenvalue weighted by molar-refractivity contribution is -0.384. The third kappa shape index (κ3) is 3.47. The van der Waals surface area contributed by atoms with E-state index in [-0.39, 0.29) is 22.0 Å². The lowest BCUT2D eigenvalue weighted by Gasteiger charge is -2.21. The summed E-state index contributed by atoms with van der Waals surface area (Å²) in [5.74, 6) is -2.72. The molecule has 4 aromatic rings. The van der Waals surface area contributed by atoms with E-state index in [2.05, 4.69) is 4.98 Å². The van der Waals surface area contributed by atoms with Gasteiger partial charge >= 0.3 is 5.91 Å². The monoisotopic (exact) mass is 481 g/mol. The number of anilines is 1. The maximum Gasteiger partial charge on any atom is 0.301 e. The van der Waals surface area contributed by atoms with Crippen LogP contribution >= 0.6 is 22.7 Å². The molecule has 0 bridgehead atoms. The van der Waals surface area contributed by atoms with E-state index in [1.165, 1.54) is 46.6 Å². The van der Waals surface area contributed by atoms with Crippen molar-refractivity contribution in [2.45, 2.75) is 6.04 Å². The molecule has 1 aliphatic rings. The number of aliphatic hydroxyl groups is 1. The fourth-order valence-corrected chi connectivity index (χ4v) is 5.48. The van der Waals surface area contributed by atoms with Crippen molar-refractivity contribution in [2.75, 3.05) is 4.90 Å². The van der Waals surface area contributed by atoms with Crippen molar-refractivity contribution >= 4 is 61.2 Å². The first-order valence-corrected chi connectivity index (χ1v) is 11.2. The molecule has 33 heavy (non-hydrogen) atoms. The number of thiazole rings is 1. The number of ketones is 1. The van der Waals surface area contributed by atoms with Crippen LogP contribution in [0.5, 0.6) is 0 Å². The van der Waals surface area contributed by atoms with Gasteiger partial charge in [-0.25, -0.2) is 9.37 Å². The summed E-state index contributed by atoms with van der Waals surface area (Å²) in [4.78, 5) is 42.9. The molecule has 1 fully saturated rings. The number of halogens is 1. The van der Waals surface area contributed by atoms with E-state index in [1.807, 2.05) is 0 Å². The summed E-state index contributed by atoms with van der Waals surface area (Å²) >= 11 is 2.32. The summed E-state index contributed by atoms with van der Waals surface area (Å²) in [7, 11) is 0. The molecule has 3 heterocycles. The molecule has 1 N–H and O–H groups in total. The topological polar surface area (TPSA) is 114 Å². The van der Waals surface area contributed by atoms with E-state index >= 15 is 0 Å². The molecule has 1 atom stereocenters. The largest absolute Gasteiger partial charge is 0.507 e. The zero-order chi connectivity index (χ0) is 23.3. The number of rotatable bonds is 4. The van der Waals surface area contributed by atoms with Crippen LogP contribution in [0.2, 0.25) is 0 Å². The second-order valence-electron chi connectivity index (χ2n) is 7.10. The van der Waals surface area contributed by atoms with Crippen molar-refractivity contribution in [2.24, 2.45) is 0 Å². The minimum Gasteiger partial charge on any atom is -0.507 e. The van der Waals surface area contributed by atoms with Crippen molar-refractivity contribution in [3.63, 3.8) is 0 Å². The normalized spacial score (nSPS) is 17.7. The van der Waals surface area contributed by atoms with Crippen LogP contribution in [0.4, 0.5) is 15.2 Å². The third-order valence-electron chi connectivity index (χ3n) is 5.15. The van der Waals surface area contributed by atoms with Gasteiger partial charge in [0.25, 0.3) is 11.5 Å². The van der Waals surface area contributed by atoms with Gasteiger partial charge in [-0.2, -0.15) is 0 Å². The van der Waals surface area contributed by atoms with Gasteiger partial charge < -0.3 is 5.11 Å². The van der Waals surface area contributed by atoms with E-state index in [0.29, 0.717) is 15.1 Å². The van der Waals surface area contributed by atoms with Crippen LogP contribution < -0.4 is 4.90 Å². The van der Waals surface area contributed by atoms with Crippen LogP contribution in [0, 0.1) is 15.9 Å². The predicted molar refractivity (Wildman–Crippen MR) is 122 cm³/mol. The van der Waals surface area contributed by atoms with E-state index < -0.39 is 34.2 Å². The molecule has 164 valence electrons. The van der Waals surface area contributed by atoms with Gasteiger partial charge in [0.15, 0.2) is 5.13 Å². The molecule has 1 amide bonds. The number of Topliss-reactive ketones (excluding diaryl/α,β-unsaturated/α-hetero) is 1. The highest BCUT2D eigenvalue weighted by atomic mass is 32.1. The van der Waals surface area contributed by atoms with Crippen molar-refractivity contribution in [3.05, 3.63) is 91.9 Å². The summed E-state index contributed by atoms with van der Waals surface area (Å²) in [6.07, 6.45) is 0. The summed E-state index contributed by atoms with van der Waals surface area (Å²) in [5, 5.41) is 24.0. The van der Waals surface area contributed by atoms with Crippen LogP contribution in [-0.4, -0.2) is 26.7 Å². The van der Waals surface area contributed by atoms with Gasteiger partial charge in [-0.05, 0) is 41.8 Å². The zero-order valence-electron chi connectivity index (χ0n) is 16.5. The van der Waals surface area contributed by atoms with Gasteiger partial charge in [0.05, 0.1) is 20.7 Å². The molecule has 0 aliphatic carbocycles. The van der Waals surface area contributed by atoms with Gasteiger partial charge in [-0.1, -0.05) is 17.4 Å². The summed E-state index contributed by atoms with van der Waals surface area (Å²) in [5.41, 5.74) is 0.368. The molecule has 2 aromatic heterocycles. The Bertz CT molecular complexity index is 1460. The average Bonchev–Trinajstić information content (AvgIpc) is 3.52. The molecule has 2 aromatic carbocycles. The van der Waals surface area contributed by atoms with E-state index in [4.69, 9.17) is 0 Å². The highest BCUT2D eigenvalue weighted by molar-refractivity contribution is 7.22. The number of amides is 1. The number of aromatic nitrogens is 1. The minimum absolute atomic E-state index is 0.120. The Labute approximate surface area is 193 Å². The number of carbonyl (C=O) groups is 2. The molecule has 1 saturated heterocycles. The zero-order valence-corrected chi connectivity index (χ0v) is 18.1. The molecule has 0 radical (unpaired) electrons. The number of fused-ring (bicyclic) bond motifs is 1. The molecule has 8 nitrogen and oxygen atoms in total. The summed E-state index contributed by atoms with van der Waals surface area (Å²) in [6, 6.07) is 11.6. The van der Waals surface area contributed by atoms with E-state index in [1.54, 1.807) is 17.5 Å². The highest BCUT2D eigenvalue weighted by Gasteiger charge is 2.48. The second kappa shape index (κ2) is 7.87. The van der Waals surface area contributed by atoms with Crippen LogP contribution in [0.1, 0.15) is 16.5 Å². The lowest BCUT2D eigenvalue weighted by atomic mass is 10.00. The van der Waals surface area contributed by atoms with Gasteiger partial charge in [0.1, 0.15) is 17.6 Å². The van der Waals surface area contributed by atoms with Crippen LogP contribution in [0.25, 0.3) is 16.0 Å². The molecule has 0 spiro atoms. The number of nitro groups is 1. The Morgan fingerprint density at radius 1 is 1.15 bits per heavy atom. The Morgan fingerprint density at radius 3 is 2.58 bits per heavy atom. The standard InChI is InChI=1S/C22H12FN3O5S2/c23-12-5-3-11(4-6-12)19(27)17-18(15-2-1-9-32-15)25(21(29)20(17)28)22-24-14-8-7-13(26(30)31)10-16(14)33-22/h1-10,18,27H/b19-17+. The van der Waals surface area contributed by atoms with Gasteiger partial charge in [-0.3, -0.25) is 24.6 Å². The fraction of sp³-hybridized carbons (Fsp3) is 0.0455. The Balaban J connectivity index is 1.69. The molecule has 1 unspecified atom stereocenters. The molecule has 0 saturated carbocycles. The smallest absolute Gasteiger partial charge is 0.301 e. The van der Waals surface area contributed by atoms with Crippen molar-refractivity contribution in [1.82, 2.24) is 4.98 Å². The number of aliphatic hydroxyl groups excluding tert-OH is 1. The number of thiophene rings is 1. The van der Waals surface area contributed by atoms with E-state index in [0.717, 1.165) is 23.5 Å².